The zero-order valence-electron chi connectivity index (χ0n) is 18.4. The number of sulfonamides is 1. The second-order valence-corrected chi connectivity index (χ2v) is 10.1. The van der Waals surface area contributed by atoms with Crippen molar-refractivity contribution in [2.75, 3.05) is 43.8 Å². The highest BCUT2D eigenvalue weighted by atomic mass is 32.2. The van der Waals surface area contributed by atoms with Crippen molar-refractivity contribution in [3.63, 3.8) is 0 Å². The van der Waals surface area contributed by atoms with Gasteiger partial charge in [0.15, 0.2) is 0 Å². The van der Waals surface area contributed by atoms with Crippen LogP contribution in [0.2, 0.25) is 0 Å². The molecule has 1 saturated heterocycles. The Bertz CT molecular complexity index is 1140. The third kappa shape index (κ3) is 4.17. The van der Waals surface area contributed by atoms with Gasteiger partial charge in [-0.25, -0.2) is 8.42 Å². The molecule has 9 heteroatoms. The molecule has 0 bridgehead atoms. The lowest BCUT2D eigenvalue weighted by Crippen LogP contribution is -2.50. The molecule has 2 aromatic carbocycles. The lowest BCUT2D eigenvalue weighted by molar-refractivity contribution is 0.0535. The Morgan fingerprint density at radius 1 is 0.906 bits per heavy atom. The van der Waals surface area contributed by atoms with Crippen molar-refractivity contribution in [1.29, 1.82) is 0 Å². The van der Waals surface area contributed by atoms with Gasteiger partial charge < -0.3 is 14.5 Å². The van der Waals surface area contributed by atoms with Gasteiger partial charge in [0.1, 0.15) is 5.75 Å². The lowest BCUT2D eigenvalue weighted by Gasteiger charge is -2.35. The number of hydrogen-bond donors (Lipinski definition) is 0. The highest BCUT2D eigenvalue weighted by Gasteiger charge is 2.33. The molecule has 1 fully saturated rings. The Balaban J connectivity index is 1.42. The lowest BCUT2D eigenvalue weighted by atomic mass is 10.1. The zero-order valence-corrected chi connectivity index (χ0v) is 19.3. The molecule has 2 aromatic rings. The minimum Gasteiger partial charge on any atom is -0.497 e. The van der Waals surface area contributed by atoms with Gasteiger partial charge in [-0.05, 0) is 61.4 Å². The standard InChI is InChI=1S/C23H27N3O5S/c1-16-14-19-15-18(6-9-21(19)26(16)32(3,29)30)23(28)25-12-10-24(11-13-25)22(27)17-4-7-20(31-2)8-5-17/h4-9,15-16H,10-14H2,1-3H3. The van der Waals surface area contributed by atoms with Gasteiger partial charge in [0.25, 0.3) is 11.8 Å². The Hall–Kier alpha value is -3.07. The van der Waals surface area contributed by atoms with E-state index in [1.165, 1.54) is 10.6 Å². The largest absolute Gasteiger partial charge is 0.497 e. The van der Waals surface area contributed by atoms with Gasteiger partial charge in [0.05, 0.1) is 19.1 Å². The number of benzene rings is 2. The van der Waals surface area contributed by atoms with Crippen molar-refractivity contribution in [3.8, 4) is 5.75 Å². The highest BCUT2D eigenvalue weighted by Crippen LogP contribution is 2.35. The molecule has 0 N–H and O–H groups in total. The molecule has 2 aliphatic rings. The Morgan fingerprint density at radius 2 is 1.44 bits per heavy atom. The van der Waals surface area contributed by atoms with E-state index in [2.05, 4.69) is 0 Å². The van der Waals surface area contributed by atoms with Crippen molar-refractivity contribution < 1.29 is 22.7 Å². The summed E-state index contributed by atoms with van der Waals surface area (Å²) in [6, 6.07) is 12.0. The van der Waals surface area contributed by atoms with E-state index in [4.69, 9.17) is 4.74 Å². The van der Waals surface area contributed by atoms with E-state index in [1.807, 2.05) is 6.92 Å². The summed E-state index contributed by atoms with van der Waals surface area (Å²) in [7, 11) is -1.79. The maximum absolute atomic E-state index is 13.1. The van der Waals surface area contributed by atoms with Crippen LogP contribution in [0, 0.1) is 0 Å². The normalized spacial score (nSPS) is 18.5. The van der Waals surface area contributed by atoms with E-state index in [-0.39, 0.29) is 17.9 Å². The molecule has 1 unspecified atom stereocenters. The fraction of sp³-hybridized carbons (Fsp3) is 0.391. The maximum atomic E-state index is 13.1. The van der Waals surface area contributed by atoms with Crippen LogP contribution in [-0.2, 0) is 16.4 Å². The third-order valence-electron chi connectivity index (χ3n) is 6.03. The van der Waals surface area contributed by atoms with Crippen LogP contribution in [0.4, 0.5) is 5.69 Å². The van der Waals surface area contributed by atoms with Crippen LogP contribution < -0.4 is 9.04 Å². The number of piperazine rings is 1. The first kappa shape index (κ1) is 22.1. The van der Waals surface area contributed by atoms with Crippen molar-refractivity contribution in [2.24, 2.45) is 0 Å². The molecule has 4 rings (SSSR count). The molecule has 0 spiro atoms. The minimum absolute atomic E-state index is 0.0628. The second kappa shape index (κ2) is 8.46. The second-order valence-electron chi connectivity index (χ2n) is 8.27. The van der Waals surface area contributed by atoms with Gasteiger partial charge in [-0.1, -0.05) is 0 Å². The first-order valence-electron chi connectivity index (χ1n) is 10.5. The average Bonchev–Trinajstić information content (AvgIpc) is 3.13. The number of ether oxygens (including phenoxy) is 1. The van der Waals surface area contributed by atoms with Crippen molar-refractivity contribution in [3.05, 3.63) is 59.2 Å². The number of hydrogen-bond acceptors (Lipinski definition) is 5. The molecule has 0 aliphatic carbocycles. The van der Waals surface area contributed by atoms with Gasteiger partial charge in [0.2, 0.25) is 10.0 Å². The molecule has 0 aromatic heterocycles. The number of rotatable bonds is 4. The van der Waals surface area contributed by atoms with Crippen molar-refractivity contribution >= 4 is 27.5 Å². The number of methoxy groups -OCH3 is 1. The molecule has 2 heterocycles. The number of amides is 2. The molecule has 0 saturated carbocycles. The molecule has 1 atom stereocenters. The maximum Gasteiger partial charge on any atom is 0.253 e. The summed E-state index contributed by atoms with van der Waals surface area (Å²) in [5, 5.41) is 0. The van der Waals surface area contributed by atoms with Crippen LogP contribution in [0.3, 0.4) is 0 Å². The Morgan fingerprint density at radius 3 is 1.97 bits per heavy atom. The van der Waals surface area contributed by atoms with Gasteiger partial charge >= 0.3 is 0 Å². The predicted octanol–water partition coefficient (Wildman–Crippen LogP) is 2.00. The molecule has 170 valence electrons. The van der Waals surface area contributed by atoms with E-state index >= 15 is 0 Å². The predicted molar refractivity (Wildman–Crippen MR) is 122 cm³/mol. The van der Waals surface area contributed by atoms with E-state index in [0.29, 0.717) is 55.2 Å². The first-order valence-corrected chi connectivity index (χ1v) is 12.4. The van der Waals surface area contributed by atoms with E-state index < -0.39 is 10.0 Å². The topological polar surface area (TPSA) is 87.2 Å². The molecule has 0 radical (unpaired) electrons. The fourth-order valence-corrected chi connectivity index (χ4v) is 5.72. The van der Waals surface area contributed by atoms with Gasteiger partial charge in [-0.15, -0.1) is 0 Å². The van der Waals surface area contributed by atoms with Crippen LogP contribution in [-0.4, -0.2) is 75.6 Å². The highest BCUT2D eigenvalue weighted by molar-refractivity contribution is 7.92. The molecule has 2 aliphatic heterocycles. The number of fused-ring (bicyclic) bond motifs is 1. The van der Waals surface area contributed by atoms with E-state index in [0.717, 1.165) is 5.56 Å². The van der Waals surface area contributed by atoms with Crippen LogP contribution in [0.1, 0.15) is 33.2 Å². The molecular formula is C23H27N3O5S. The van der Waals surface area contributed by atoms with Gasteiger partial charge in [-0.2, -0.15) is 0 Å². The monoisotopic (exact) mass is 457 g/mol. The quantitative estimate of drug-likeness (QED) is 0.701. The van der Waals surface area contributed by atoms with Crippen LogP contribution in [0.25, 0.3) is 0 Å². The summed E-state index contributed by atoms with van der Waals surface area (Å²) in [5.74, 6) is 0.530. The number of anilines is 1. The SMILES string of the molecule is COc1ccc(C(=O)N2CCN(C(=O)c3ccc4c(c3)CC(C)N4S(C)(=O)=O)CC2)cc1. The number of carbonyl (C=O) groups excluding carboxylic acids is 2. The summed E-state index contributed by atoms with van der Waals surface area (Å²) in [6.45, 7) is 3.68. The molecule has 2 amide bonds. The first-order chi connectivity index (χ1) is 15.2. The third-order valence-corrected chi connectivity index (χ3v) is 7.30. The average molecular weight is 458 g/mol. The summed E-state index contributed by atoms with van der Waals surface area (Å²) < 4.78 is 30.8. The van der Waals surface area contributed by atoms with Crippen molar-refractivity contribution in [2.45, 2.75) is 19.4 Å². The van der Waals surface area contributed by atoms with Crippen LogP contribution in [0.5, 0.6) is 5.75 Å². The summed E-state index contributed by atoms with van der Waals surface area (Å²) in [6.07, 6.45) is 1.78. The van der Waals surface area contributed by atoms with E-state index in [9.17, 15) is 18.0 Å². The Kier molecular flexibility index (Phi) is 5.85. The smallest absolute Gasteiger partial charge is 0.253 e. The summed E-state index contributed by atoms with van der Waals surface area (Å²) >= 11 is 0. The molecule has 8 nitrogen and oxygen atoms in total. The zero-order chi connectivity index (χ0) is 23.0. The number of nitrogens with zero attached hydrogens (tertiary/aromatic N) is 3. The molecule has 32 heavy (non-hydrogen) atoms. The van der Waals surface area contributed by atoms with Crippen molar-refractivity contribution in [1.82, 2.24) is 9.80 Å². The minimum atomic E-state index is -3.37. The van der Waals surface area contributed by atoms with Gasteiger partial charge in [-0.3, -0.25) is 13.9 Å². The van der Waals surface area contributed by atoms with E-state index in [1.54, 1.807) is 59.4 Å². The fourth-order valence-electron chi connectivity index (χ4n) is 4.45. The molecular weight excluding hydrogens is 430 g/mol. The summed E-state index contributed by atoms with van der Waals surface area (Å²) in [4.78, 5) is 29.3. The van der Waals surface area contributed by atoms with Crippen LogP contribution >= 0.6 is 0 Å². The van der Waals surface area contributed by atoms with Gasteiger partial charge in [0, 0.05) is 43.3 Å². The Labute approximate surface area is 188 Å². The summed E-state index contributed by atoms with van der Waals surface area (Å²) in [5.41, 5.74) is 2.64. The number of carbonyl (C=O) groups is 2. The van der Waals surface area contributed by atoms with Crippen LogP contribution in [0.15, 0.2) is 42.5 Å².